The predicted molar refractivity (Wildman–Crippen MR) is 72.0 cm³/mol. The molecule has 1 aromatic heterocycles. The number of carbonyl (C=O) groups is 1. The molecule has 2 rings (SSSR count). The summed E-state index contributed by atoms with van der Waals surface area (Å²) in [6.07, 6.45) is 1.27. The third-order valence-electron chi connectivity index (χ3n) is 2.91. The molecular formula is C14H16N2O3. The monoisotopic (exact) mass is 260 g/mol. The molecule has 0 bridgehead atoms. The molecule has 0 saturated carbocycles. The zero-order valence-electron chi connectivity index (χ0n) is 10.6. The van der Waals surface area contributed by atoms with Crippen LogP contribution in [0.3, 0.4) is 0 Å². The fraction of sp³-hybridized carbons (Fsp3) is 0.286. The first kappa shape index (κ1) is 13.3. The lowest BCUT2D eigenvalue weighted by molar-refractivity contribution is 0.0941. The van der Waals surface area contributed by atoms with Gasteiger partial charge in [0.1, 0.15) is 5.75 Å². The van der Waals surface area contributed by atoms with E-state index in [4.69, 9.17) is 5.11 Å². The Bertz CT molecular complexity index is 598. The number of aromatic nitrogens is 1. The first-order chi connectivity index (χ1) is 9.13. The minimum absolute atomic E-state index is 0.00333. The molecule has 1 aromatic carbocycles. The van der Waals surface area contributed by atoms with Gasteiger partial charge in [0.15, 0.2) is 0 Å². The lowest BCUT2D eigenvalue weighted by Crippen LogP contribution is -2.29. The van der Waals surface area contributed by atoms with E-state index in [-0.39, 0.29) is 29.7 Å². The number of aliphatic hydroxyl groups excluding tert-OH is 1. The van der Waals surface area contributed by atoms with E-state index in [1.54, 1.807) is 18.2 Å². The van der Waals surface area contributed by atoms with Gasteiger partial charge in [0.25, 0.3) is 5.91 Å². The molecule has 0 aliphatic carbocycles. The average molecular weight is 260 g/mol. The van der Waals surface area contributed by atoms with Crippen LogP contribution in [-0.2, 0) is 0 Å². The van der Waals surface area contributed by atoms with Gasteiger partial charge in [-0.15, -0.1) is 0 Å². The Morgan fingerprint density at radius 1 is 1.42 bits per heavy atom. The van der Waals surface area contributed by atoms with E-state index in [0.29, 0.717) is 17.4 Å². The smallest absolute Gasteiger partial charge is 0.255 e. The fourth-order valence-corrected chi connectivity index (χ4v) is 1.79. The van der Waals surface area contributed by atoms with Crippen LogP contribution in [0.2, 0.25) is 0 Å². The van der Waals surface area contributed by atoms with Crippen molar-refractivity contribution in [3.8, 4) is 5.75 Å². The zero-order valence-corrected chi connectivity index (χ0v) is 10.6. The summed E-state index contributed by atoms with van der Waals surface area (Å²) in [5.74, 6) is -0.538. The summed E-state index contributed by atoms with van der Waals surface area (Å²) in [5.41, 5.74) is 0.872. The zero-order chi connectivity index (χ0) is 13.8. The highest BCUT2D eigenvalue weighted by Gasteiger charge is 2.16. The van der Waals surface area contributed by atoms with Crippen LogP contribution in [0.5, 0.6) is 5.75 Å². The van der Waals surface area contributed by atoms with Gasteiger partial charge in [-0.05, 0) is 12.0 Å². The number of rotatable bonds is 4. The summed E-state index contributed by atoms with van der Waals surface area (Å²) in [5, 5.41) is 22.1. The van der Waals surface area contributed by atoms with Crippen LogP contribution in [0.1, 0.15) is 17.3 Å². The second-order valence-electron chi connectivity index (χ2n) is 4.53. The van der Waals surface area contributed by atoms with Gasteiger partial charge in [-0.3, -0.25) is 9.78 Å². The van der Waals surface area contributed by atoms with Crippen LogP contribution >= 0.6 is 0 Å². The Hall–Kier alpha value is -2.14. The van der Waals surface area contributed by atoms with Crippen LogP contribution in [0, 0.1) is 5.92 Å². The molecule has 5 heteroatoms. The van der Waals surface area contributed by atoms with E-state index in [1.165, 1.54) is 6.20 Å². The molecule has 19 heavy (non-hydrogen) atoms. The number of para-hydroxylation sites is 1. The van der Waals surface area contributed by atoms with E-state index in [9.17, 15) is 9.90 Å². The molecule has 1 heterocycles. The number of fused-ring (bicyclic) bond motifs is 1. The van der Waals surface area contributed by atoms with Gasteiger partial charge in [0.2, 0.25) is 0 Å². The molecule has 0 aliphatic rings. The number of pyridine rings is 1. The lowest BCUT2D eigenvalue weighted by atomic mass is 10.1. The number of nitrogens with zero attached hydrogens (tertiary/aromatic N) is 1. The summed E-state index contributed by atoms with van der Waals surface area (Å²) in [4.78, 5) is 16.2. The highest BCUT2D eigenvalue weighted by molar-refractivity contribution is 6.08. The van der Waals surface area contributed by atoms with Gasteiger partial charge < -0.3 is 15.5 Å². The van der Waals surface area contributed by atoms with E-state index in [0.717, 1.165) is 0 Å². The Balaban J connectivity index is 2.33. The third-order valence-corrected chi connectivity index (χ3v) is 2.91. The molecule has 5 nitrogen and oxygen atoms in total. The van der Waals surface area contributed by atoms with Crippen molar-refractivity contribution in [3.63, 3.8) is 0 Å². The van der Waals surface area contributed by atoms with Gasteiger partial charge in [-0.1, -0.05) is 25.1 Å². The molecule has 0 aliphatic heterocycles. The largest absolute Gasteiger partial charge is 0.505 e. The number of nitrogens with one attached hydrogen (secondary N) is 1. The number of benzene rings is 1. The molecule has 1 amide bonds. The van der Waals surface area contributed by atoms with E-state index >= 15 is 0 Å². The summed E-state index contributed by atoms with van der Waals surface area (Å²) in [6.45, 7) is 2.18. The maximum Gasteiger partial charge on any atom is 0.255 e. The fourth-order valence-electron chi connectivity index (χ4n) is 1.79. The molecule has 0 fully saturated rings. The summed E-state index contributed by atoms with van der Waals surface area (Å²) in [7, 11) is 0. The maximum absolute atomic E-state index is 12.1. The minimum atomic E-state index is -0.364. The molecule has 2 aromatic rings. The van der Waals surface area contributed by atoms with Crippen LogP contribution in [0.4, 0.5) is 0 Å². The SMILES string of the molecule is CC(CO)CNC(=O)c1c(O)cnc2ccccc12. The van der Waals surface area contributed by atoms with Crippen molar-refractivity contribution in [1.29, 1.82) is 0 Å². The van der Waals surface area contributed by atoms with Crippen LogP contribution < -0.4 is 5.32 Å². The third kappa shape index (κ3) is 2.82. The Kier molecular flexibility index (Phi) is 3.97. The van der Waals surface area contributed by atoms with Gasteiger partial charge >= 0.3 is 0 Å². The minimum Gasteiger partial charge on any atom is -0.505 e. The quantitative estimate of drug-likeness (QED) is 0.773. The normalized spacial score (nSPS) is 12.3. The number of aliphatic hydroxyl groups is 1. The van der Waals surface area contributed by atoms with Crippen molar-refractivity contribution in [2.75, 3.05) is 13.2 Å². The van der Waals surface area contributed by atoms with Crippen LogP contribution in [-0.4, -0.2) is 34.3 Å². The van der Waals surface area contributed by atoms with Gasteiger partial charge in [0.05, 0.1) is 17.3 Å². The van der Waals surface area contributed by atoms with Crippen LogP contribution in [0.15, 0.2) is 30.5 Å². The summed E-state index contributed by atoms with van der Waals surface area (Å²) < 4.78 is 0. The first-order valence-electron chi connectivity index (χ1n) is 6.09. The van der Waals surface area contributed by atoms with Crippen molar-refractivity contribution in [1.82, 2.24) is 10.3 Å². The molecule has 3 N–H and O–H groups in total. The molecule has 1 atom stereocenters. The topological polar surface area (TPSA) is 82.5 Å². The van der Waals surface area contributed by atoms with Gasteiger partial charge in [-0.2, -0.15) is 0 Å². The standard InChI is InChI=1S/C14H16N2O3/c1-9(8-17)6-16-14(19)13-10-4-2-3-5-11(10)15-7-12(13)18/h2-5,7,9,17-18H,6,8H2,1H3,(H,16,19). The molecular weight excluding hydrogens is 244 g/mol. The lowest BCUT2D eigenvalue weighted by Gasteiger charge is -2.12. The highest BCUT2D eigenvalue weighted by Crippen LogP contribution is 2.24. The van der Waals surface area contributed by atoms with Crippen molar-refractivity contribution < 1.29 is 15.0 Å². The first-order valence-corrected chi connectivity index (χ1v) is 6.09. The van der Waals surface area contributed by atoms with E-state index in [1.807, 2.05) is 13.0 Å². The predicted octanol–water partition coefficient (Wildman–Crippen LogP) is 1.30. The Morgan fingerprint density at radius 3 is 2.89 bits per heavy atom. The van der Waals surface area contributed by atoms with Crippen molar-refractivity contribution in [3.05, 3.63) is 36.0 Å². The van der Waals surface area contributed by atoms with Gasteiger partial charge in [0, 0.05) is 18.5 Å². The summed E-state index contributed by atoms with van der Waals surface area (Å²) in [6, 6.07) is 7.13. The summed E-state index contributed by atoms with van der Waals surface area (Å²) >= 11 is 0. The van der Waals surface area contributed by atoms with Crippen molar-refractivity contribution in [2.45, 2.75) is 6.92 Å². The van der Waals surface area contributed by atoms with E-state index < -0.39 is 0 Å². The Morgan fingerprint density at radius 2 is 2.16 bits per heavy atom. The highest BCUT2D eigenvalue weighted by atomic mass is 16.3. The average Bonchev–Trinajstić information content (AvgIpc) is 2.44. The molecule has 100 valence electrons. The van der Waals surface area contributed by atoms with Crippen molar-refractivity contribution in [2.24, 2.45) is 5.92 Å². The molecule has 0 saturated heterocycles. The molecule has 1 unspecified atom stereocenters. The van der Waals surface area contributed by atoms with Crippen LogP contribution in [0.25, 0.3) is 10.9 Å². The maximum atomic E-state index is 12.1. The second-order valence-corrected chi connectivity index (χ2v) is 4.53. The Labute approximate surface area is 110 Å². The number of hydrogen-bond acceptors (Lipinski definition) is 4. The molecule has 0 spiro atoms. The van der Waals surface area contributed by atoms with Crippen molar-refractivity contribution >= 4 is 16.8 Å². The number of hydrogen-bond donors (Lipinski definition) is 3. The second kappa shape index (κ2) is 5.67. The number of amides is 1. The molecule has 0 radical (unpaired) electrons. The number of aromatic hydroxyl groups is 1. The van der Waals surface area contributed by atoms with E-state index in [2.05, 4.69) is 10.3 Å². The number of carbonyl (C=O) groups excluding carboxylic acids is 1. The van der Waals surface area contributed by atoms with Gasteiger partial charge in [-0.25, -0.2) is 0 Å².